The molecule has 0 heterocycles. The van der Waals surface area contributed by atoms with Gasteiger partial charge in [-0.25, -0.2) is 0 Å². The van der Waals surface area contributed by atoms with Crippen LogP contribution in [-0.4, -0.2) is 41.6 Å². The van der Waals surface area contributed by atoms with Crippen LogP contribution in [0.5, 0.6) is 11.5 Å². The molecule has 0 aliphatic carbocycles. The Morgan fingerprint density at radius 3 is 2.16 bits per heavy atom. The molecule has 0 aromatic heterocycles. The van der Waals surface area contributed by atoms with Crippen molar-refractivity contribution in [2.75, 3.05) is 37.5 Å². The second-order valence-electron chi connectivity index (χ2n) is 6.37. The Balaban J connectivity index is 2.54. The Kier molecular flexibility index (Phi) is 7.92. The van der Waals surface area contributed by atoms with E-state index in [1.54, 1.807) is 12.1 Å². The summed E-state index contributed by atoms with van der Waals surface area (Å²) in [5.41, 5.74) is 1.85. The fraction of sp³-hybridized carbons (Fsp3) is 0.350. The molecule has 0 aliphatic rings. The fourth-order valence-electron chi connectivity index (χ4n) is 2.92. The number of hydrogen-bond donors (Lipinski definition) is 1. The minimum Gasteiger partial charge on any atom is -0.495 e. The van der Waals surface area contributed by atoms with Crippen molar-refractivity contribution in [3.05, 3.63) is 30.3 Å². The first-order valence-electron chi connectivity index (χ1n) is 9.43. The van der Waals surface area contributed by atoms with Crippen LogP contribution in [0.4, 0.5) is 26.6 Å². The molecule has 2 aromatic rings. The van der Waals surface area contributed by atoms with Gasteiger partial charge in [0.05, 0.1) is 19.9 Å². The Labute approximate surface area is 181 Å². The third-order valence-electron chi connectivity index (χ3n) is 4.41. The number of amides is 1. The molecule has 9 nitrogen and oxygen atoms in total. The number of rotatable bonds is 9. The van der Waals surface area contributed by atoms with Crippen molar-refractivity contribution >= 4 is 38.9 Å². The van der Waals surface area contributed by atoms with Crippen LogP contribution < -0.4 is 19.7 Å². The average Bonchev–Trinajstić information content (AvgIpc) is 2.72. The van der Waals surface area contributed by atoms with Crippen LogP contribution in [0.1, 0.15) is 20.8 Å². The standard InChI is InChI=1S/C20H25FN4O5S/c1-6-25(7-2)14-8-9-15(16(10-14)22-13(3)26)23-24-17-11-19(30-5)20(31(21,27)28)12-18(17)29-4/h8-12H,6-7H2,1-5H3,(H,22,26)/b24-23+. The smallest absolute Gasteiger partial charge is 0.335 e. The summed E-state index contributed by atoms with van der Waals surface area (Å²) in [5.74, 6) is -0.525. The molecule has 0 saturated carbocycles. The number of nitrogens with one attached hydrogen (secondary N) is 1. The molecule has 2 rings (SSSR count). The lowest BCUT2D eigenvalue weighted by Gasteiger charge is -2.22. The number of ether oxygens (including phenoxy) is 2. The highest BCUT2D eigenvalue weighted by Crippen LogP contribution is 2.39. The van der Waals surface area contributed by atoms with Crippen molar-refractivity contribution in [3.8, 4) is 11.5 Å². The van der Waals surface area contributed by atoms with Gasteiger partial charge in [-0.15, -0.1) is 14.1 Å². The van der Waals surface area contributed by atoms with Crippen molar-refractivity contribution in [3.63, 3.8) is 0 Å². The summed E-state index contributed by atoms with van der Waals surface area (Å²) in [6, 6.07) is 7.52. The lowest BCUT2D eigenvalue weighted by Crippen LogP contribution is -2.21. The van der Waals surface area contributed by atoms with Crippen LogP contribution >= 0.6 is 0 Å². The molecule has 0 unspecified atom stereocenters. The Hall–Kier alpha value is -3.21. The van der Waals surface area contributed by atoms with Crippen molar-refractivity contribution in [2.45, 2.75) is 25.7 Å². The second-order valence-corrected chi connectivity index (χ2v) is 7.68. The maximum atomic E-state index is 13.5. The van der Waals surface area contributed by atoms with Crippen LogP contribution in [0.25, 0.3) is 0 Å². The number of carbonyl (C=O) groups is 1. The maximum absolute atomic E-state index is 13.5. The molecule has 0 saturated heterocycles. The Bertz CT molecular complexity index is 1090. The fourth-order valence-corrected chi connectivity index (χ4v) is 3.55. The molecule has 0 spiro atoms. The van der Waals surface area contributed by atoms with E-state index in [0.717, 1.165) is 24.8 Å². The molecular weight excluding hydrogens is 427 g/mol. The van der Waals surface area contributed by atoms with Gasteiger partial charge in [-0.05, 0) is 32.0 Å². The first kappa shape index (κ1) is 24.1. The molecular formula is C20H25FN4O5S. The predicted octanol–water partition coefficient (Wildman–Crippen LogP) is 4.58. The number of nitrogens with zero attached hydrogens (tertiary/aromatic N) is 3. The molecule has 11 heteroatoms. The van der Waals surface area contributed by atoms with E-state index in [4.69, 9.17) is 9.47 Å². The molecule has 0 aliphatic heterocycles. The Morgan fingerprint density at radius 2 is 1.65 bits per heavy atom. The molecule has 0 radical (unpaired) electrons. The van der Waals surface area contributed by atoms with Crippen LogP contribution in [0.15, 0.2) is 45.5 Å². The first-order valence-corrected chi connectivity index (χ1v) is 10.8. The van der Waals surface area contributed by atoms with Gasteiger partial charge in [0.15, 0.2) is 0 Å². The first-order chi connectivity index (χ1) is 14.6. The van der Waals surface area contributed by atoms with Gasteiger partial charge >= 0.3 is 10.2 Å². The molecule has 168 valence electrons. The van der Waals surface area contributed by atoms with Gasteiger partial charge in [0.2, 0.25) is 5.91 Å². The number of benzene rings is 2. The van der Waals surface area contributed by atoms with E-state index in [0.29, 0.717) is 11.4 Å². The van der Waals surface area contributed by atoms with E-state index < -0.39 is 15.1 Å². The van der Waals surface area contributed by atoms with Gasteiger partial charge < -0.3 is 19.7 Å². The zero-order chi connectivity index (χ0) is 23.2. The summed E-state index contributed by atoms with van der Waals surface area (Å²) in [4.78, 5) is 13.1. The summed E-state index contributed by atoms with van der Waals surface area (Å²) < 4.78 is 46.3. The summed E-state index contributed by atoms with van der Waals surface area (Å²) in [7, 11) is -2.53. The van der Waals surface area contributed by atoms with E-state index in [-0.39, 0.29) is 23.1 Å². The zero-order valence-electron chi connectivity index (χ0n) is 18.0. The molecule has 1 amide bonds. The monoisotopic (exact) mass is 452 g/mol. The number of hydrogen-bond acceptors (Lipinski definition) is 8. The minimum absolute atomic E-state index is 0.0124. The molecule has 1 N–H and O–H groups in total. The highest BCUT2D eigenvalue weighted by Gasteiger charge is 2.22. The predicted molar refractivity (Wildman–Crippen MR) is 116 cm³/mol. The minimum atomic E-state index is -5.03. The second kappa shape index (κ2) is 10.2. The lowest BCUT2D eigenvalue weighted by molar-refractivity contribution is -0.114. The number of anilines is 2. The highest BCUT2D eigenvalue weighted by molar-refractivity contribution is 7.86. The van der Waals surface area contributed by atoms with E-state index in [9.17, 15) is 17.1 Å². The van der Waals surface area contributed by atoms with Crippen molar-refractivity contribution in [2.24, 2.45) is 10.2 Å². The maximum Gasteiger partial charge on any atom is 0.335 e. The van der Waals surface area contributed by atoms with E-state index >= 15 is 0 Å². The van der Waals surface area contributed by atoms with Gasteiger partial charge in [-0.1, -0.05) is 0 Å². The Morgan fingerprint density at radius 1 is 1.03 bits per heavy atom. The SMILES string of the molecule is CCN(CC)c1ccc(/N=N/c2cc(OC)c(S(=O)(=O)F)cc2OC)c(NC(C)=O)c1. The topological polar surface area (TPSA) is 110 Å². The van der Waals surface area contributed by atoms with Crippen molar-refractivity contribution in [1.82, 2.24) is 0 Å². The van der Waals surface area contributed by atoms with E-state index in [1.807, 2.05) is 19.9 Å². The average molecular weight is 453 g/mol. The van der Waals surface area contributed by atoms with Gasteiger partial charge in [0, 0.05) is 37.8 Å². The summed E-state index contributed by atoms with van der Waals surface area (Å²) >= 11 is 0. The molecule has 2 aromatic carbocycles. The van der Waals surface area contributed by atoms with Crippen LogP contribution in [0.3, 0.4) is 0 Å². The van der Waals surface area contributed by atoms with Gasteiger partial charge in [0.25, 0.3) is 0 Å². The summed E-state index contributed by atoms with van der Waals surface area (Å²) in [6.07, 6.45) is 0. The summed E-state index contributed by atoms with van der Waals surface area (Å²) in [5, 5.41) is 11.0. The van der Waals surface area contributed by atoms with Crippen LogP contribution in [0, 0.1) is 0 Å². The number of halogens is 1. The van der Waals surface area contributed by atoms with Gasteiger partial charge in [0.1, 0.15) is 27.8 Å². The number of methoxy groups -OCH3 is 2. The van der Waals surface area contributed by atoms with Gasteiger partial charge in [-0.2, -0.15) is 8.42 Å². The van der Waals surface area contributed by atoms with Crippen LogP contribution in [-0.2, 0) is 15.0 Å². The number of azo groups is 1. The van der Waals surface area contributed by atoms with E-state index in [1.165, 1.54) is 27.2 Å². The molecule has 0 fully saturated rings. The number of carbonyl (C=O) groups excluding carboxylic acids is 1. The molecule has 0 atom stereocenters. The normalized spacial score (nSPS) is 11.4. The molecule has 0 bridgehead atoms. The van der Waals surface area contributed by atoms with Crippen molar-refractivity contribution in [1.29, 1.82) is 0 Å². The van der Waals surface area contributed by atoms with Crippen molar-refractivity contribution < 1.29 is 26.6 Å². The largest absolute Gasteiger partial charge is 0.495 e. The summed E-state index contributed by atoms with van der Waals surface area (Å²) in [6.45, 7) is 7.01. The third kappa shape index (κ3) is 5.91. The van der Waals surface area contributed by atoms with Crippen LogP contribution in [0.2, 0.25) is 0 Å². The van der Waals surface area contributed by atoms with E-state index in [2.05, 4.69) is 20.4 Å². The lowest BCUT2D eigenvalue weighted by atomic mass is 10.2. The highest BCUT2D eigenvalue weighted by atomic mass is 32.3. The zero-order valence-corrected chi connectivity index (χ0v) is 18.8. The quantitative estimate of drug-likeness (QED) is 0.440. The third-order valence-corrected chi connectivity index (χ3v) is 5.26. The molecule has 31 heavy (non-hydrogen) atoms. The van der Waals surface area contributed by atoms with Gasteiger partial charge in [-0.3, -0.25) is 4.79 Å².